The number of benzene rings is 2. The lowest BCUT2D eigenvalue weighted by Gasteiger charge is -2.11. The number of carbonyl (C=O) groups is 1. The van der Waals surface area contributed by atoms with E-state index >= 15 is 0 Å². The first kappa shape index (κ1) is 17.8. The molecule has 1 saturated heterocycles. The minimum atomic E-state index is -0.526. The average Bonchev–Trinajstić information content (AvgIpc) is 3.18. The molecule has 1 unspecified atom stereocenters. The van der Waals surface area contributed by atoms with Crippen LogP contribution in [0.15, 0.2) is 51.7 Å². The maximum absolute atomic E-state index is 13.0. The van der Waals surface area contributed by atoms with Crippen LogP contribution in [0.5, 0.6) is 5.75 Å². The van der Waals surface area contributed by atoms with Gasteiger partial charge in [0, 0.05) is 17.7 Å². The van der Waals surface area contributed by atoms with Crippen molar-refractivity contribution in [2.75, 3.05) is 6.61 Å². The molecular formula is C21H17ClO5. The number of halogens is 1. The van der Waals surface area contributed by atoms with Crippen LogP contribution in [-0.2, 0) is 9.53 Å². The summed E-state index contributed by atoms with van der Waals surface area (Å²) < 4.78 is 16.6. The molecule has 1 aromatic heterocycles. The molecule has 1 fully saturated rings. The van der Waals surface area contributed by atoms with E-state index in [1.165, 1.54) is 0 Å². The zero-order chi connectivity index (χ0) is 19.0. The average molecular weight is 385 g/mol. The zero-order valence-electron chi connectivity index (χ0n) is 14.7. The van der Waals surface area contributed by atoms with Gasteiger partial charge in [0.1, 0.15) is 17.1 Å². The molecule has 2 heterocycles. The Bertz CT molecular complexity index is 1060. The number of carbonyl (C=O) groups excluding carboxylic acids is 1. The monoisotopic (exact) mass is 384 g/mol. The Kier molecular flexibility index (Phi) is 4.72. The van der Waals surface area contributed by atoms with Crippen molar-refractivity contribution >= 4 is 28.5 Å². The van der Waals surface area contributed by atoms with Gasteiger partial charge in [-0.25, -0.2) is 4.79 Å². The number of hydrogen-bond donors (Lipinski definition) is 0. The molecule has 0 bridgehead atoms. The van der Waals surface area contributed by atoms with Crippen LogP contribution in [0.1, 0.15) is 18.6 Å². The van der Waals surface area contributed by atoms with Gasteiger partial charge in [0.25, 0.3) is 0 Å². The molecule has 1 aliphatic heterocycles. The van der Waals surface area contributed by atoms with E-state index < -0.39 is 12.1 Å². The van der Waals surface area contributed by atoms with Gasteiger partial charge in [-0.3, -0.25) is 4.79 Å². The van der Waals surface area contributed by atoms with E-state index in [1.54, 1.807) is 49.4 Å². The first-order valence-electron chi connectivity index (χ1n) is 8.69. The Morgan fingerprint density at radius 3 is 2.67 bits per heavy atom. The smallest absolute Gasteiger partial charge is 0.340 e. The molecule has 0 aliphatic carbocycles. The number of fused-ring (bicyclic) bond motifs is 1. The van der Waals surface area contributed by atoms with Gasteiger partial charge < -0.3 is 13.9 Å². The summed E-state index contributed by atoms with van der Waals surface area (Å²) >= 11 is 5.93. The van der Waals surface area contributed by atoms with E-state index in [0.717, 1.165) is 12.0 Å². The molecule has 3 aromatic rings. The summed E-state index contributed by atoms with van der Waals surface area (Å²) in [5.74, 6) is 0.380. The van der Waals surface area contributed by atoms with Gasteiger partial charge in [0.15, 0.2) is 6.10 Å². The molecule has 4 rings (SSSR count). The number of rotatable bonds is 3. The molecule has 138 valence electrons. The van der Waals surface area contributed by atoms with E-state index in [-0.39, 0.29) is 5.43 Å². The van der Waals surface area contributed by atoms with Gasteiger partial charge in [-0.15, -0.1) is 0 Å². The fourth-order valence-electron chi connectivity index (χ4n) is 3.25. The lowest BCUT2D eigenvalue weighted by Crippen LogP contribution is -2.24. The highest BCUT2D eigenvalue weighted by Crippen LogP contribution is 2.27. The van der Waals surface area contributed by atoms with Crippen molar-refractivity contribution in [3.05, 3.63) is 63.5 Å². The summed E-state index contributed by atoms with van der Waals surface area (Å²) in [4.78, 5) is 25.1. The molecule has 0 spiro atoms. The standard InChI is InChI=1S/C21H17ClO5/c1-12-19(13-4-6-14(22)7-5-13)20(23)16-9-8-15(11-18(16)26-12)27-21(24)17-3-2-10-25-17/h4-9,11,17H,2-3,10H2,1H3. The molecule has 0 saturated carbocycles. The van der Waals surface area contributed by atoms with Gasteiger partial charge in [-0.05, 0) is 49.6 Å². The largest absolute Gasteiger partial charge is 0.460 e. The van der Waals surface area contributed by atoms with Crippen molar-refractivity contribution in [2.24, 2.45) is 0 Å². The van der Waals surface area contributed by atoms with Gasteiger partial charge in [0.05, 0.1) is 10.9 Å². The van der Waals surface area contributed by atoms with Crippen molar-refractivity contribution in [1.29, 1.82) is 0 Å². The summed E-state index contributed by atoms with van der Waals surface area (Å²) in [7, 11) is 0. The van der Waals surface area contributed by atoms with Gasteiger partial charge in [-0.1, -0.05) is 23.7 Å². The van der Waals surface area contributed by atoms with Crippen molar-refractivity contribution in [3.8, 4) is 16.9 Å². The Labute approximate surface area is 160 Å². The molecule has 0 N–H and O–H groups in total. The van der Waals surface area contributed by atoms with Crippen molar-refractivity contribution < 1.29 is 18.7 Å². The number of esters is 1. The second kappa shape index (κ2) is 7.18. The van der Waals surface area contributed by atoms with Gasteiger partial charge in [0.2, 0.25) is 5.43 Å². The molecule has 1 atom stereocenters. The Balaban J connectivity index is 1.71. The SMILES string of the molecule is Cc1oc2cc(OC(=O)C3CCCO3)ccc2c(=O)c1-c1ccc(Cl)cc1. The van der Waals surface area contributed by atoms with Crippen LogP contribution in [-0.4, -0.2) is 18.7 Å². The minimum absolute atomic E-state index is 0.145. The van der Waals surface area contributed by atoms with Gasteiger partial charge in [-0.2, -0.15) is 0 Å². The molecular weight excluding hydrogens is 368 g/mol. The highest BCUT2D eigenvalue weighted by Gasteiger charge is 2.25. The topological polar surface area (TPSA) is 65.7 Å². The first-order valence-corrected chi connectivity index (χ1v) is 9.07. The third-order valence-electron chi connectivity index (χ3n) is 4.58. The Morgan fingerprint density at radius 1 is 1.19 bits per heavy atom. The lowest BCUT2D eigenvalue weighted by molar-refractivity contribution is -0.144. The van der Waals surface area contributed by atoms with Crippen LogP contribution in [0, 0.1) is 6.92 Å². The second-order valence-corrected chi connectivity index (χ2v) is 6.89. The molecule has 1 aliphatic rings. The number of aryl methyl sites for hydroxylation is 1. The summed E-state index contributed by atoms with van der Waals surface area (Å²) in [6.45, 7) is 2.30. The van der Waals surface area contributed by atoms with Crippen molar-refractivity contribution in [3.63, 3.8) is 0 Å². The second-order valence-electron chi connectivity index (χ2n) is 6.45. The highest BCUT2D eigenvalue weighted by molar-refractivity contribution is 6.30. The molecule has 5 nitrogen and oxygen atoms in total. The molecule has 2 aromatic carbocycles. The van der Waals surface area contributed by atoms with Crippen molar-refractivity contribution in [1.82, 2.24) is 0 Å². The minimum Gasteiger partial charge on any atom is -0.460 e. The maximum atomic E-state index is 13.0. The van der Waals surface area contributed by atoms with Gasteiger partial charge >= 0.3 is 5.97 Å². The highest BCUT2D eigenvalue weighted by atomic mass is 35.5. The summed E-state index contributed by atoms with van der Waals surface area (Å²) in [5, 5.41) is 1.02. The molecule has 6 heteroatoms. The van der Waals surface area contributed by atoms with Crippen LogP contribution in [0.4, 0.5) is 0 Å². The number of ether oxygens (including phenoxy) is 2. The third kappa shape index (κ3) is 3.48. The van der Waals surface area contributed by atoms with Crippen LogP contribution < -0.4 is 10.2 Å². The van der Waals surface area contributed by atoms with E-state index in [4.69, 9.17) is 25.5 Å². The quantitative estimate of drug-likeness (QED) is 0.491. The lowest BCUT2D eigenvalue weighted by atomic mass is 10.0. The first-order chi connectivity index (χ1) is 13.0. The summed E-state index contributed by atoms with van der Waals surface area (Å²) in [5.41, 5.74) is 1.45. The predicted octanol–water partition coefficient (Wildman–Crippen LogP) is 4.51. The van der Waals surface area contributed by atoms with Crippen LogP contribution >= 0.6 is 11.6 Å². The van der Waals surface area contributed by atoms with E-state index in [2.05, 4.69) is 0 Å². The fraction of sp³-hybridized carbons (Fsp3) is 0.238. The van der Waals surface area contributed by atoms with Crippen molar-refractivity contribution in [2.45, 2.75) is 25.9 Å². The third-order valence-corrected chi connectivity index (χ3v) is 4.84. The Hall–Kier alpha value is -2.63. The van der Waals surface area contributed by atoms with E-state index in [0.29, 0.717) is 46.1 Å². The van der Waals surface area contributed by atoms with E-state index in [1.807, 2.05) is 0 Å². The fourth-order valence-corrected chi connectivity index (χ4v) is 3.37. The Morgan fingerprint density at radius 2 is 1.96 bits per heavy atom. The van der Waals surface area contributed by atoms with Crippen LogP contribution in [0.3, 0.4) is 0 Å². The molecule has 0 amide bonds. The summed E-state index contributed by atoms with van der Waals surface area (Å²) in [6.07, 6.45) is 0.978. The zero-order valence-corrected chi connectivity index (χ0v) is 15.4. The van der Waals surface area contributed by atoms with Crippen LogP contribution in [0.2, 0.25) is 5.02 Å². The van der Waals surface area contributed by atoms with Crippen LogP contribution in [0.25, 0.3) is 22.1 Å². The number of hydrogen-bond acceptors (Lipinski definition) is 5. The van der Waals surface area contributed by atoms with E-state index in [9.17, 15) is 9.59 Å². The molecule has 0 radical (unpaired) electrons. The maximum Gasteiger partial charge on any atom is 0.340 e. The summed E-state index contributed by atoms with van der Waals surface area (Å²) in [6, 6.07) is 11.8. The predicted molar refractivity (Wildman–Crippen MR) is 102 cm³/mol. The normalized spacial score (nSPS) is 16.6. The molecule has 27 heavy (non-hydrogen) atoms.